The number of aromatic amines is 1. The summed E-state index contributed by atoms with van der Waals surface area (Å²) in [5.74, 6) is -0.280. The Balaban J connectivity index is 1.32. The van der Waals surface area contributed by atoms with Crippen LogP contribution in [0.5, 0.6) is 0 Å². The van der Waals surface area contributed by atoms with Crippen molar-refractivity contribution in [2.24, 2.45) is 0 Å². The molecule has 8 heteroatoms. The molecule has 1 amide bonds. The number of carbonyl (C=O) groups is 1. The Kier molecular flexibility index (Phi) is 5.39. The number of hydrogen-bond donors (Lipinski definition) is 2. The Morgan fingerprint density at radius 3 is 2.77 bits per heavy atom. The molecule has 0 aliphatic carbocycles. The highest BCUT2D eigenvalue weighted by Gasteiger charge is 2.16. The first kappa shape index (κ1) is 19.3. The van der Waals surface area contributed by atoms with Crippen molar-refractivity contribution in [1.82, 2.24) is 25.1 Å². The van der Waals surface area contributed by atoms with E-state index >= 15 is 0 Å². The lowest BCUT2D eigenvalue weighted by Crippen LogP contribution is -2.35. The van der Waals surface area contributed by atoms with Crippen LogP contribution in [0.3, 0.4) is 0 Å². The number of carbonyl (C=O) groups excluding carboxylic acids is 1. The van der Waals surface area contributed by atoms with Crippen LogP contribution in [0, 0.1) is 0 Å². The van der Waals surface area contributed by atoms with Crippen molar-refractivity contribution in [1.29, 1.82) is 0 Å². The van der Waals surface area contributed by atoms with Gasteiger partial charge in [-0.15, -0.1) is 0 Å². The quantitative estimate of drug-likeness (QED) is 0.521. The van der Waals surface area contributed by atoms with Crippen LogP contribution < -0.4 is 5.32 Å². The van der Waals surface area contributed by atoms with Crippen molar-refractivity contribution in [3.63, 3.8) is 0 Å². The molecule has 156 valence electrons. The monoisotopic (exact) mass is 414 g/mol. The number of aromatic nitrogens is 4. The number of hydrogen-bond acceptors (Lipinski definition) is 6. The first-order valence-electron chi connectivity index (χ1n) is 10.2. The number of amides is 1. The number of rotatable bonds is 5. The van der Waals surface area contributed by atoms with Crippen LogP contribution >= 0.6 is 0 Å². The zero-order chi connectivity index (χ0) is 21.0. The van der Waals surface area contributed by atoms with E-state index in [1.807, 2.05) is 42.5 Å². The maximum absolute atomic E-state index is 12.9. The van der Waals surface area contributed by atoms with Gasteiger partial charge in [-0.3, -0.25) is 24.8 Å². The highest BCUT2D eigenvalue weighted by Crippen LogP contribution is 2.25. The van der Waals surface area contributed by atoms with Gasteiger partial charge in [-0.1, -0.05) is 12.1 Å². The first-order chi connectivity index (χ1) is 15.3. The normalized spacial score (nSPS) is 14.6. The summed E-state index contributed by atoms with van der Waals surface area (Å²) < 4.78 is 5.38. The highest BCUT2D eigenvalue weighted by molar-refractivity contribution is 6.11. The van der Waals surface area contributed by atoms with Crippen molar-refractivity contribution < 1.29 is 9.53 Å². The zero-order valence-corrected chi connectivity index (χ0v) is 16.9. The second-order valence-electron chi connectivity index (χ2n) is 7.46. The van der Waals surface area contributed by atoms with E-state index in [9.17, 15) is 4.79 Å². The largest absolute Gasteiger partial charge is 0.379 e. The summed E-state index contributed by atoms with van der Waals surface area (Å²) in [7, 11) is 0. The number of H-pyrrole nitrogens is 1. The van der Waals surface area contributed by atoms with E-state index in [0.717, 1.165) is 60.6 Å². The maximum Gasteiger partial charge on any atom is 0.276 e. The van der Waals surface area contributed by atoms with E-state index in [2.05, 4.69) is 30.4 Å². The summed E-state index contributed by atoms with van der Waals surface area (Å²) in [6, 6.07) is 13.5. The van der Waals surface area contributed by atoms with Gasteiger partial charge in [-0.25, -0.2) is 0 Å². The van der Waals surface area contributed by atoms with E-state index in [0.29, 0.717) is 11.4 Å². The molecular formula is C23H22N6O2. The molecule has 0 radical (unpaired) electrons. The Hall–Kier alpha value is -3.62. The van der Waals surface area contributed by atoms with E-state index in [1.54, 1.807) is 18.6 Å². The number of fused-ring (bicyclic) bond motifs is 1. The van der Waals surface area contributed by atoms with Gasteiger partial charge in [0.05, 0.1) is 36.3 Å². The van der Waals surface area contributed by atoms with Gasteiger partial charge in [-0.2, -0.15) is 5.10 Å². The van der Waals surface area contributed by atoms with Gasteiger partial charge in [0.1, 0.15) is 0 Å². The molecule has 1 aliphatic rings. The molecule has 5 rings (SSSR count). The molecule has 1 aromatic carbocycles. The van der Waals surface area contributed by atoms with Gasteiger partial charge in [0.2, 0.25) is 0 Å². The van der Waals surface area contributed by atoms with Crippen LogP contribution in [-0.2, 0) is 11.3 Å². The molecule has 8 nitrogen and oxygen atoms in total. The summed E-state index contributed by atoms with van der Waals surface area (Å²) in [5.41, 5.74) is 4.71. The predicted octanol–water partition coefficient (Wildman–Crippen LogP) is 3.10. The lowest BCUT2D eigenvalue weighted by Gasteiger charge is -2.26. The van der Waals surface area contributed by atoms with Crippen LogP contribution in [-0.4, -0.2) is 57.3 Å². The predicted molar refractivity (Wildman–Crippen MR) is 118 cm³/mol. The van der Waals surface area contributed by atoms with Crippen LogP contribution in [0.2, 0.25) is 0 Å². The highest BCUT2D eigenvalue weighted by atomic mass is 16.5. The van der Waals surface area contributed by atoms with E-state index in [4.69, 9.17) is 4.74 Å². The molecule has 31 heavy (non-hydrogen) atoms. The number of anilines is 1. The van der Waals surface area contributed by atoms with Crippen LogP contribution in [0.15, 0.2) is 61.1 Å². The Morgan fingerprint density at radius 1 is 1.10 bits per heavy atom. The van der Waals surface area contributed by atoms with Crippen molar-refractivity contribution in [2.75, 3.05) is 31.6 Å². The van der Waals surface area contributed by atoms with Gasteiger partial charge < -0.3 is 10.1 Å². The molecule has 1 saturated heterocycles. The molecule has 0 atom stereocenters. The van der Waals surface area contributed by atoms with Crippen molar-refractivity contribution in [3.8, 4) is 11.1 Å². The number of ether oxygens (including phenoxy) is 1. The van der Waals surface area contributed by atoms with Gasteiger partial charge >= 0.3 is 0 Å². The number of benzene rings is 1. The fraction of sp³-hybridized carbons (Fsp3) is 0.217. The molecule has 0 unspecified atom stereocenters. The topological polar surface area (TPSA) is 96.0 Å². The van der Waals surface area contributed by atoms with E-state index in [-0.39, 0.29) is 5.91 Å². The summed E-state index contributed by atoms with van der Waals surface area (Å²) in [5, 5.41) is 10.8. The number of morpholine rings is 1. The van der Waals surface area contributed by atoms with Crippen molar-refractivity contribution in [3.05, 3.63) is 72.4 Å². The molecule has 1 fully saturated rings. The zero-order valence-electron chi connectivity index (χ0n) is 16.9. The minimum absolute atomic E-state index is 0.280. The van der Waals surface area contributed by atoms with E-state index < -0.39 is 0 Å². The minimum Gasteiger partial charge on any atom is -0.379 e. The summed E-state index contributed by atoms with van der Waals surface area (Å²) in [6.07, 6.45) is 5.22. The Bertz CT molecular complexity index is 1180. The van der Waals surface area contributed by atoms with Crippen LogP contribution in [0.4, 0.5) is 5.69 Å². The van der Waals surface area contributed by atoms with Gasteiger partial charge in [-0.05, 0) is 35.9 Å². The third kappa shape index (κ3) is 4.30. The molecule has 0 bridgehead atoms. The molecule has 4 aromatic rings. The smallest absolute Gasteiger partial charge is 0.276 e. The SMILES string of the molecule is O=C(Nc1ccc(CN2CCOCC2)nc1)c1n[nH]c2ccc(-c3cccnc3)cc12. The minimum atomic E-state index is -0.280. The van der Waals surface area contributed by atoms with Crippen molar-refractivity contribution in [2.45, 2.75) is 6.54 Å². The molecule has 1 aliphatic heterocycles. The summed E-state index contributed by atoms with van der Waals surface area (Å²) in [4.78, 5) is 23.8. The molecule has 0 saturated carbocycles. The third-order valence-corrected chi connectivity index (χ3v) is 5.34. The van der Waals surface area contributed by atoms with Crippen molar-refractivity contribution >= 4 is 22.5 Å². The second kappa shape index (κ2) is 8.63. The van der Waals surface area contributed by atoms with Gasteiger partial charge in [0.25, 0.3) is 5.91 Å². The van der Waals surface area contributed by atoms with E-state index in [1.165, 1.54) is 0 Å². The third-order valence-electron chi connectivity index (χ3n) is 5.34. The second-order valence-corrected chi connectivity index (χ2v) is 7.46. The lowest BCUT2D eigenvalue weighted by atomic mass is 10.0. The number of pyridine rings is 2. The average molecular weight is 414 g/mol. The lowest BCUT2D eigenvalue weighted by molar-refractivity contribution is 0.0336. The number of nitrogens with one attached hydrogen (secondary N) is 2. The van der Waals surface area contributed by atoms with Crippen LogP contribution in [0.1, 0.15) is 16.2 Å². The molecule has 4 heterocycles. The first-order valence-corrected chi connectivity index (χ1v) is 10.2. The fourth-order valence-corrected chi connectivity index (χ4v) is 3.67. The standard InChI is InChI=1S/C23H22N6O2/c30-23(26-18-4-5-19(25-14-18)15-29-8-10-31-11-9-29)22-20-12-16(3-6-21(20)27-28-22)17-2-1-7-24-13-17/h1-7,12-14H,8-11,15H2,(H,26,30)(H,27,28). The average Bonchev–Trinajstić information content (AvgIpc) is 3.25. The van der Waals surface area contributed by atoms with Crippen LogP contribution in [0.25, 0.3) is 22.0 Å². The summed E-state index contributed by atoms with van der Waals surface area (Å²) in [6.45, 7) is 4.11. The fourth-order valence-electron chi connectivity index (χ4n) is 3.67. The molecular weight excluding hydrogens is 392 g/mol. The Labute approximate surface area is 179 Å². The molecule has 2 N–H and O–H groups in total. The van der Waals surface area contributed by atoms with Gasteiger partial charge in [0.15, 0.2) is 5.69 Å². The van der Waals surface area contributed by atoms with Gasteiger partial charge in [0, 0.05) is 43.0 Å². The Morgan fingerprint density at radius 2 is 2.00 bits per heavy atom. The summed E-state index contributed by atoms with van der Waals surface area (Å²) >= 11 is 0. The maximum atomic E-state index is 12.9. The number of nitrogens with zero attached hydrogens (tertiary/aromatic N) is 4. The molecule has 0 spiro atoms. The molecule has 3 aromatic heterocycles.